The quantitative estimate of drug-likeness (QED) is 0.890. The van der Waals surface area contributed by atoms with Crippen LogP contribution in [-0.2, 0) is 14.8 Å². The number of carbonyl (C=O) groups excluding carboxylic acids is 2. The highest BCUT2D eigenvalue weighted by molar-refractivity contribution is 7.90. The van der Waals surface area contributed by atoms with Crippen molar-refractivity contribution < 1.29 is 22.7 Å². The van der Waals surface area contributed by atoms with Gasteiger partial charge in [0, 0.05) is 19.7 Å². The van der Waals surface area contributed by atoms with Crippen LogP contribution in [0.15, 0.2) is 23.1 Å². The summed E-state index contributed by atoms with van der Waals surface area (Å²) in [4.78, 5) is 24.5. The van der Waals surface area contributed by atoms with Crippen LogP contribution in [0.1, 0.15) is 31.1 Å². The zero-order valence-corrected chi connectivity index (χ0v) is 15.1. The molecule has 0 radical (unpaired) electrons. The van der Waals surface area contributed by atoms with Gasteiger partial charge >= 0.3 is 6.09 Å². The van der Waals surface area contributed by atoms with E-state index < -0.39 is 27.6 Å². The summed E-state index contributed by atoms with van der Waals surface area (Å²) in [5.74, 6) is -0.393. The van der Waals surface area contributed by atoms with Crippen molar-refractivity contribution in [1.82, 2.24) is 9.62 Å². The molecule has 9 heteroatoms. The van der Waals surface area contributed by atoms with Gasteiger partial charge in [0.1, 0.15) is 10.5 Å². The molecular formula is C14H19ClN2O5S. The molecule has 0 saturated carbocycles. The molecule has 1 rings (SSSR count). The maximum Gasteiger partial charge on any atom is 0.421 e. The SMILES string of the molecule is CN(C)C(=O)c1ccc(Cl)c(S(=O)(=O)NC(=O)OC(C)(C)C)c1. The third kappa shape index (κ3) is 5.40. The van der Waals surface area contributed by atoms with Crippen molar-refractivity contribution >= 4 is 33.6 Å². The van der Waals surface area contributed by atoms with Crippen molar-refractivity contribution in [2.45, 2.75) is 31.3 Å². The van der Waals surface area contributed by atoms with E-state index >= 15 is 0 Å². The van der Waals surface area contributed by atoms with Gasteiger partial charge in [0.05, 0.1) is 5.02 Å². The van der Waals surface area contributed by atoms with Crippen LogP contribution in [0.5, 0.6) is 0 Å². The summed E-state index contributed by atoms with van der Waals surface area (Å²) < 4.78 is 31.2. The van der Waals surface area contributed by atoms with Gasteiger partial charge in [0.2, 0.25) is 0 Å². The summed E-state index contributed by atoms with van der Waals surface area (Å²) in [6.07, 6.45) is -1.13. The normalized spacial score (nSPS) is 11.7. The van der Waals surface area contributed by atoms with Gasteiger partial charge in [-0.3, -0.25) is 4.79 Å². The van der Waals surface area contributed by atoms with Crippen LogP contribution in [-0.4, -0.2) is 45.0 Å². The molecule has 1 N–H and O–H groups in total. The van der Waals surface area contributed by atoms with Gasteiger partial charge in [-0.2, -0.15) is 0 Å². The Labute approximate surface area is 140 Å². The zero-order chi connectivity index (χ0) is 18.0. The second kappa shape index (κ2) is 6.76. The van der Waals surface area contributed by atoms with Gasteiger partial charge in [0.25, 0.3) is 15.9 Å². The lowest BCUT2D eigenvalue weighted by atomic mass is 10.2. The van der Waals surface area contributed by atoms with E-state index in [1.165, 1.54) is 31.1 Å². The standard InChI is InChI=1S/C14H19ClN2O5S/c1-14(2,3)22-13(19)16-23(20,21)11-8-9(6-7-10(11)15)12(18)17(4)5/h6-8H,1-5H3,(H,16,19). The maximum absolute atomic E-state index is 12.3. The average Bonchev–Trinajstić information content (AvgIpc) is 2.34. The monoisotopic (exact) mass is 362 g/mol. The summed E-state index contributed by atoms with van der Waals surface area (Å²) in [6, 6.07) is 3.79. The third-order valence-electron chi connectivity index (χ3n) is 2.49. The van der Waals surface area contributed by atoms with Crippen LogP contribution in [0.25, 0.3) is 0 Å². The van der Waals surface area contributed by atoms with Gasteiger partial charge < -0.3 is 9.64 Å². The first-order chi connectivity index (χ1) is 10.3. The predicted molar refractivity (Wildman–Crippen MR) is 86.0 cm³/mol. The minimum atomic E-state index is -4.27. The van der Waals surface area contributed by atoms with E-state index in [2.05, 4.69) is 0 Å². The van der Waals surface area contributed by atoms with Crippen LogP contribution in [0.4, 0.5) is 4.79 Å². The topological polar surface area (TPSA) is 92.8 Å². The molecule has 0 spiro atoms. The van der Waals surface area contributed by atoms with E-state index in [9.17, 15) is 18.0 Å². The summed E-state index contributed by atoms with van der Waals surface area (Å²) in [5, 5.41) is -0.114. The van der Waals surface area contributed by atoms with Crippen molar-refractivity contribution in [2.75, 3.05) is 14.1 Å². The molecule has 0 aliphatic carbocycles. The minimum Gasteiger partial charge on any atom is -0.443 e. The highest BCUT2D eigenvalue weighted by Crippen LogP contribution is 2.23. The number of benzene rings is 1. The molecule has 0 aliphatic heterocycles. The minimum absolute atomic E-state index is 0.114. The van der Waals surface area contributed by atoms with Crippen molar-refractivity contribution in [3.8, 4) is 0 Å². The summed E-state index contributed by atoms with van der Waals surface area (Å²) in [7, 11) is -1.21. The molecule has 0 aromatic heterocycles. The molecular weight excluding hydrogens is 344 g/mol. The van der Waals surface area contributed by atoms with Crippen molar-refractivity contribution in [2.24, 2.45) is 0 Å². The van der Waals surface area contributed by atoms with Crippen LogP contribution in [0.2, 0.25) is 5.02 Å². The molecule has 1 aromatic rings. The Bertz CT molecular complexity index is 723. The number of hydrogen-bond acceptors (Lipinski definition) is 5. The number of halogens is 1. The largest absolute Gasteiger partial charge is 0.443 e. The number of carbonyl (C=O) groups is 2. The number of nitrogens with zero attached hydrogens (tertiary/aromatic N) is 1. The summed E-state index contributed by atoms with van der Waals surface area (Å²) in [5.41, 5.74) is -0.726. The van der Waals surface area contributed by atoms with Crippen molar-refractivity contribution in [1.29, 1.82) is 0 Å². The van der Waals surface area contributed by atoms with Gasteiger partial charge in [-0.25, -0.2) is 17.9 Å². The zero-order valence-electron chi connectivity index (χ0n) is 13.5. The van der Waals surface area contributed by atoms with E-state index in [-0.39, 0.29) is 15.5 Å². The molecule has 0 heterocycles. The molecule has 0 aliphatic rings. The van der Waals surface area contributed by atoms with Crippen LogP contribution in [0, 0.1) is 0 Å². The Balaban J connectivity index is 3.16. The maximum atomic E-state index is 12.3. The fourth-order valence-electron chi connectivity index (χ4n) is 1.56. The van der Waals surface area contributed by atoms with Crippen LogP contribution in [0.3, 0.4) is 0 Å². The predicted octanol–water partition coefficient (Wildman–Crippen LogP) is 2.26. The molecule has 23 heavy (non-hydrogen) atoms. The van der Waals surface area contributed by atoms with Gasteiger partial charge in [-0.15, -0.1) is 0 Å². The number of nitrogens with one attached hydrogen (secondary N) is 1. The number of rotatable bonds is 3. The number of sulfonamides is 1. The van der Waals surface area contributed by atoms with Crippen LogP contribution < -0.4 is 4.72 Å². The Morgan fingerprint density at radius 1 is 1.22 bits per heavy atom. The van der Waals surface area contributed by atoms with E-state index in [1.54, 1.807) is 25.5 Å². The van der Waals surface area contributed by atoms with E-state index in [0.29, 0.717) is 0 Å². The molecule has 0 bridgehead atoms. The fraction of sp³-hybridized carbons (Fsp3) is 0.429. The molecule has 0 fully saturated rings. The second-order valence-corrected chi connectivity index (χ2v) is 8.01. The fourth-order valence-corrected chi connectivity index (χ4v) is 2.96. The molecule has 2 amide bonds. The number of amides is 2. The van der Waals surface area contributed by atoms with Gasteiger partial charge in [-0.05, 0) is 39.0 Å². The molecule has 0 unspecified atom stereocenters. The lowest BCUT2D eigenvalue weighted by Gasteiger charge is -2.20. The van der Waals surface area contributed by atoms with Crippen molar-refractivity contribution in [3.63, 3.8) is 0 Å². The highest BCUT2D eigenvalue weighted by atomic mass is 35.5. The lowest BCUT2D eigenvalue weighted by Crippen LogP contribution is -2.36. The molecule has 1 aromatic carbocycles. The molecule has 0 atom stereocenters. The third-order valence-corrected chi connectivity index (χ3v) is 4.28. The first kappa shape index (κ1) is 19.2. The Morgan fingerprint density at radius 3 is 2.26 bits per heavy atom. The highest BCUT2D eigenvalue weighted by Gasteiger charge is 2.26. The molecule has 0 saturated heterocycles. The Morgan fingerprint density at radius 2 is 1.78 bits per heavy atom. The van der Waals surface area contributed by atoms with Crippen molar-refractivity contribution in [3.05, 3.63) is 28.8 Å². The number of ether oxygens (including phenoxy) is 1. The van der Waals surface area contributed by atoms with Gasteiger partial charge in [-0.1, -0.05) is 11.6 Å². The Kier molecular flexibility index (Phi) is 5.65. The molecule has 7 nitrogen and oxygen atoms in total. The first-order valence-corrected chi connectivity index (χ1v) is 8.46. The lowest BCUT2D eigenvalue weighted by molar-refractivity contribution is 0.0570. The van der Waals surface area contributed by atoms with E-state index in [4.69, 9.17) is 16.3 Å². The summed E-state index contributed by atoms with van der Waals surface area (Å²) in [6.45, 7) is 4.80. The first-order valence-electron chi connectivity index (χ1n) is 6.60. The Hall–Kier alpha value is -1.80. The second-order valence-electron chi connectivity index (χ2n) is 5.95. The van der Waals surface area contributed by atoms with E-state index in [1.807, 2.05) is 0 Å². The number of hydrogen-bond donors (Lipinski definition) is 1. The summed E-state index contributed by atoms with van der Waals surface area (Å²) >= 11 is 5.89. The van der Waals surface area contributed by atoms with Crippen LogP contribution >= 0.6 is 11.6 Å². The molecule has 128 valence electrons. The van der Waals surface area contributed by atoms with Gasteiger partial charge in [0.15, 0.2) is 0 Å². The van der Waals surface area contributed by atoms with E-state index in [0.717, 1.165) is 6.07 Å². The smallest absolute Gasteiger partial charge is 0.421 e. The average molecular weight is 363 g/mol.